The van der Waals surface area contributed by atoms with E-state index < -0.39 is 0 Å². The third-order valence-corrected chi connectivity index (χ3v) is 5.74. The summed E-state index contributed by atoms with van der Waals surface area (Å²) in [7, 11) is 1.91. The number of amides is 1. The minimum atomic E-state index is -0.193. The molecule has 2 atom stereocenters. The Hall–Kier alpha value is -3.16. The van der Waals surface area contributed by atoms with Crippen molar-refractivity contribution in [3.05, 3.63) is 53.7 Å². The molecule has 0 spiro atoms. The molecule has 2 aromatic heterocycles. The highest BCUT2D eigenvalue weighted by Gasteiger charge is 2.45. The van der Waals surface area contributed by atoms with Crippen molar-refractivity contribution >= 4 is 17.5 Å². The van der Waals surface area contributed by atoms with Gasteiger partial charge >= 0.3 is 0 Å². The highest BCUT2D eigenvalue weighted by Crippen LogP contribution is 2.45. The number of benzene rings is 1. The summed E-state index contributed by atoms with van der Waals surface area (Å²) in [4.78, 5) is 21.3. The van der Waals surface area contributed by atoms with Gasteiger partial charge in [-0.15, -0.1) is 0 Å². The second-order valence-electron chi connectivity index (χ2n) is 7.26. The zero-order chi connectivity index (χ0) is 20.5. The number of rotatable bonds is 6. The van der Waals surface area contributed by atoms with Crippen molar-refractivity contribution in [1.29, 1.82) is 0 Å². The van der Waals surface area contributed by atoms with E-state index >= 15 is 0 Å². The van der Waals surface area contributed by atoms with Gasteiger partial charge in [0.25, 0.3) is 5.95 Å². The van der Waals surface area contributed by atoms with Crippen molar-refractivity contribution in [3.63, 3.8) is 0 Å². The second kappa shape index (κ2) is 7.69. The number of hydrogen-bond donors (Lipinski definition) is 0. The van der Waals surface area contributed by atoms with E-state index in [0.717, 1.165) is 16.9 Å². The molecule has 3 heterocycles. The summed E-state index contributed by atoms with van der Waals surface area (Å²) in [5.74, 6) is 0.909. The molecule has 0 bridgehead atoms. The number of likely N-dealkylation sites (tertiary alicyclic amines) is 1. The topological polar surface area (TPSA) is 80.3 Å². The second-order valence-corrected chi connectivity index (χ2v) is 7.26. The zero-order valence-electron chi connectivity index (χ0n) is 17.2. The fourth-order valence-electron chi connectivity index (χ4n) is 4.11. The molecule has 1 aliphatic rings. The monoisotopic (exact) mass is 394 g/mol. The van der Waals surface area contributed by atoms with E-state index in [1.54, 1.807) is 0 Å². The molecule has 1 aromatic carbocycles. The first-order valence-electron chi connectivity index (χ1n) is 9.99. The summed E-state index contributed by atoms with van der Waals surface area (Å²) in [5.41, 5.74) is 3.06. The van der Waals surface area contributed by atoms with Crippen molar-refractivity contribution in [3.8, 4) is 0 Å². The Morgan fingerprint density at radius 2 is 2.00 bits per heavy atom. The van der Waals surface area contributed by atoms with Gasteiger partial charge in [0, 0.05) is 43.5 Å². The van der Waals surface area contributed by atoms with Crippen LogP contribution in [0.3, 0.4) is 0 Å². The third kappa shape index (κ3) is 3.28. The number of aromatic nitrogens is 4. The van der Waals surface area contributed by atoms with Crippen LogP contribution in [0.5, 0.6) is 0 Å². The Morgan fingerprint density at radius 3 is 2.62 bits per heavy atom. The van der Waals surface area contributed by atoms with Crippen LogP contribution in [0.25, 0.3) is 0 Å². The van der Waals surface area contributed by atoms with Crippen LogP contribution in [0.4, 0.5) is 11.6 Å². The van der Waals surface area contributed by atoms with Gasteiger partial charge in [-0.2, -0.15) is 10.1 Å². The molecule has 8 nitrogen and oxygen atoms in total. The molecule has 1 amide bonds. The number of nitrogens with zero attached hydrogens (tertiary/aromatic N) is 6. The van der Waals surface area contributed by atoms with Gasteiger partial charge < -0.3 is 14.3 Å². The molecule has 0 aliphatic carbocycles. The van der Waals surface area contributed by atoms with E-state index in [1.165, 1.54) is 0 Å². The standard InChI is InChI=1S/C21H26N6O2/c1-5-26(15-10-8-7-9-11-15)21-23-20(29-24-21)16-12-18(28)27(6-2)19(16)17-13-22-25(4)14(17)3/h7-11,13,16,19H,5-6,12H2,1-4H3/t16-,19-/m0/s1. The molecule has 8 heteroatoms. The predicted octanol–water partition coefficient (Wildman–Crippen LogP) is 3.35. The van der Waals surface area contributed by atoms with E-state index in [0.29, 0.717) is 31.3 Å². The Balaban J connectivity index is 1.70. The molecule has 29 heavy (non-hydrogen) atoms. The average molecular weight is 394 g/mol. The van der Waals surface area contributed by atoms with Gasteiger partial charge in [-0.1, -0.05) is 18.2 Å². The van der Waals surface area contributed by atoms with Crippen LogP contribution >= 0.6 is 0 Å². The molecule has 1 saturated heterocycles. The molecule has 1 aliphatic heterocycles. The quantitative estimate of drug-likeness (QED) is 0.638. The van der Waals surface area contributed by atoms with Gasteiger partial charge in [0.15, 0.2) is 0 Å². The summed E-state index contributed by atoms with van der Waals surface area (Å²) < 4.78 is 7.51. The molecule has 4 rings (SSSR count). The summed E-state index contributed by atoms with van der Waals surface area (Å²) >= 11 is 0. The minimum absolute atomic E-state index is 0.0981. The van der Waals surface area contributed by atoms with Crippen LogP contribution in [-0.4, -0.2) is 43.8 Å². The van der Waals surface area contributed by atoms with Gasteiger partial charge in [-0.25, -0.2) is 0 Å². The van der Waals surface area contributed by atoms with Crippen molar-refractivity contribution in [1.82, 2.24) is 24.8 Å². The first kappa shape index (κ1) is 19.2. The number of aryl methyl sites for hydroxylation is 1. The molecule has 152 valence electrons. The summed E-state index contributed by atoms with van der Waals surface area (Å²) in [6.45, 7) is 7.39. The third-order valence-electron chi connectivity index (χ3n) is 5.74. The fourth-order valence-corrected chi connectivity index (χ4v) is 4.11. The van der Waals surface area contributed by atoms with E-state index in [2.05, 4.69) is 10.3 Å². The Morgan fingerprint density at radius 1 is 1.24 bits per heavy atom. The number of para-hydroxylation sites is 1. The number of likely N-dealkylation sites (N-methyl/N-ethyl adjacent to an activating group) is 1. The largest absolute Gasteiger partial charge is 0.337 e. The van der Waals surface area contributed by atoms with Gasteiger partial charge in [0.2, 0.25) is 11.8 Å². The summed E-state index contributed by atoms with van der Waals surface area (Å²) in [5, 5.41) is 8.60. The van der Waals surface area contributed by atoms with Crippen molar-refractivity contribution in [2.45, 2.75) is 39.2 Å². The van der Waals surface area contributed by atoms with Crippen LogP contribution in [0.1, 0.15) is 49.4 Å². The smallest absolute Gasteiger partial charge is 0.270 e. The van der Waals surface area contributed by atoms with E-state index in [9.17, 15) is 4.79 Å². The first-order chi connectivity index (χ1) is 14.0. The van der Waals surface area contributed by atoms with Crippen LogP contribution in [0, 0.1) is 6.92 Å². The molecule has 0 N–H and O–H groups in total. The van der Waals surface area contributed by atoms with E-state index in [-0.39, 0.29) is 17.9 Å². The lowest BCUT2D eigenvalue weighted by Gasteiger charge is -2.25. The number of hydrogen-bond acceptors (Lipinski definition) is 6. The van der Waals surface area contributed by atoms with Crippen molar-refractivity contribution in [2.75, 3.05) is 18.0 Å². The maximum absolute atomic E-state index is 12.7. The molecule has 0 saturated carbocycles. The van der Waals surface area contributed by atoms with Crippen molar-refractivity contribution < 1.29 is 9.32 Å². The number of carbonyl (C=O) groups excluding carboxylic acids is 1. The van der Waals surface area contributed by atoms with Crippen LogP contribution in [0.15, 0.2) is 41.1 Å². The molecule has 0 radical (unpaired) electrons. The van der Waals surface area contributed by atoms with Gasteiger partial charge in [0.1, 0.15) is 0 Å². The lowest BCUT2D eigenvalue weighted by Crippen LogP contribution is -2.28. The normalized spacial score (nSPS) is 19.2. The molecular weight excluding hydrogens is 368 g/mol. The van der Waals surface area contributed by atoms with E-state index in [1.807, 2.05) is 78.8 Å². The fraction of sp³-hybridized carbons (Fsp3) is 0.429. The van der Waals surface area contributed by atoms with E-state index in [4.69, 9.17) is 9.51 Å². The minimum Gasteiger partial charge on any atom is -0.337 e. The van der Waals surface area contributed by atoms with Crippen molar-refractivity contribution in [2.24, 2.45) is 7.05 Å². The highest BCUT2D eigenvalue weighted by molar-refractivity contribution is 5.80. The Labute approximate surface area is 170 Å². The molecule has 3 aromatic rings. The van der Waals surface area contributed by atoms with Crippen LogP contribution in [-0.2, 0) is 11.8 Å². The molecule has 1 fully saturated rings. The Bertz CT molecular complexity index is 996. The zero-order valence-corrected chi connectivity index (χ0v) is 17.2. The van der Waals surface area contributed by atoms with Gasteiger partial charge in [0.05, 0.1) is 18.2 Å². The molecule has 0 unspecified atom stereocenters. The maximum atomic E-state index is 12.7. The van der Waals surface area contributed by atoms with Crippen LogP contribution in [0.2, 0.25) is 0 Å². The van der Waals surface area contributed by atoms with Crippen LogP contribution < -0.4 is 4.90 Å². The van der Waals surface area contributed by atoms with Gasteiger partial charge in [-0.3, -0.25) is 9.48 Å². The maximum Gasteiger partial charge on any atom is 0.270 e. The predicted molar refractivity (Wildman–Crippen MR) is 109 cm³/mol. The SMILES string of the molecule is CCN(c1ccccc1)c1noc([C@H]2CC(=O)N(CC)[C@@H]2c2cnn(C)c2C)n1. The number of anilines is 2. The lowest BCUT2D eigenvalue weighted by atomic mass is 9.94. The Kier molecular flexibility index (Phi) is 5.08. The summed E-state index contributed by atoms with van der Waals surface area (Å²) in [6.07, 6.45) is 2.19. The lowest BCUT2D eigenvalue weighted by molar-refractivity contribution is -0.128. The average Bonchev–Trinajstić information content (AvgIpc) is 3.42. The molecular formula is C21H26N6O2. The van der Waals surface area contributed by atoms with Gasteiger partial charge in [-0.05, 0) is 38.1 Å². The number of carbonyl (C=O) groups is 1. The first-order valence-corrected chi connectivity index (χ1v) is 9.99. The highest BCUT2D eigenvalue weighted by atomic mass is 16.5. The summed E-state index contributed by atoms with van der Waals surface area (Å²) in [6, 6.07) is 9.81.